The third-order valence-electron chi connectivity index (χ3n) is 1.39. The first-order chi connectivity index (χ1) is 4.34. The highest BCUT2D eigenvalue weighted by Crippen LogP contribution is 2.06. The average Bonchev–Trinajstić information content (AvgIpc) is 2.37. The smallest absolute Gasteiger partial charge is 0.280 e. The molecule has 0 N–H and O–H groups in total. The van der Waals surface area contributed by atoms with Gasteiger partial charge in [0.25, 0.3) is 5.28 Å². The molecule has 5 heteroatoms. The Bertz CT molecular complexity index is 119. The van der Waals surface area contributed by atoms with Crippen LogP contribution in [-0.2, 0) is 5.21 Å². The van der Waals surface area contributed by atoms with Gasteiger partial charge in [-0.05, 0) is 12.8 Å². The van der Waals surface area contributed by atoms with E-state index in [2.05, 4.69) is 5.28 Å². The second-order valence-electron chi connectivity index (χ2n) is 2.00. The summed E-state index contributed by atoms with van der Waals surface area (Å²) in [5.74, 6) is 0. The fourth-order valence-corrected chi connectivity index (χ4v) is 0.923. The van der Waals surface area contributed by atoms with Gasteiger partial charge >= 0.3 is 0 Å². The minimum atomic E-state index is 0.118. The van der Waals surface area contributed by atoms with E-state index in [-0.39, 0.29) is 4.97 Å². The summed E-state index contributed by atoms with van der Waals surface area (Å²) in [4.78, 5) is 0.118. The van der Waals surface area contributed by atoms with Crippen molar-refractivity contribution in [3.05, 3.63) is 5.21 Å². The SMILES string of the molecule is [O]/N=[N+](/[O-])N1CCCC1. The van der Waals surface area contributed by atoms with Crippen LogP contribution in [0.2, 0.25) is 0 Å². The Morgan fingerprint density at radius 3 is 2.44 bits per heavy atom. The molecule has 0 aromatic rings. The van der Waals surface area contributed by atoms with Crippen molar-refractivity contribution in [2.75, 3.05) is 13.1 Å². The zero-order chi connectivity index (χ0) is 6.69. The second-order valence-corrected chi connectivity index (χ2v) is 2.00. The summed E-state index contributed by atoms with van der Waals surface area (Å²) >= 11 is 0. The minimum absolute atomic E-state index is 0.118. The van der Waals surface area contributed by atoms with Crippen molar-refractivity contribution in [1.82, 2.24) is 5.01 Å². The molecule has 51 valence electrons. The van der Waals surface area contributed by atoms with Crippen molar-refractivity contribution in [2.45, 2.75) is 12.8 Å². The summed E-state index contributed by atoms with van der Waals surface area (Å²) in [6.45, 7) is 1.32. The number of hydrogen-bond donors (Lipinski definition) is 0. The first-order valence-electron chi connectivity index (χ1n) is 2.90. The van der Waals surface area contributed by atoms with Crippen LogP contribution in [0.4, 0.5) is 0 Å². The normalized spacial score (nSPS) is 20.9. The molecule has 1 saturated heterocycles. The summed E-state index contributed by atoms with van der Waals surface area (Å²) in [6.07, 6.45) is 1.96. The van der Waals surface area contributed by atoms with Crippen molar-refractivity contribution in [3.63, 3.8) is 0 Å². The van der Waals surface area contributed by atoms with E-state index in [0.717, 1.165) is 12.8 Å². The van der Waals surface area contributed by atoms with Gasteiger partial charge in [-0.15, -0.1) is 5.01 Å². The lowest BCUT2D eigenvalue weighted by molar-refractivity contribution is -0.709. The van der Waals surface area contributed by atoms with Crippen molar-refractivity contribution >= 4 is 0 Å². The van der Waals surface area contributed by atoms with E-state index in [1.165, 1.54) is 5.01 Å². The Morgan fingerprint density at radius 2 is 2.00 bits per heavy atom. The van der Waals surface area contributed by atoms with Gasteiger partial charge in [-0.3, -0.25) is 0 Å². The third kappa shape index (κ3) is 1.22. The first kappa shape index (κ1) is 6.12. The molecule has 1 rings (SSSR count). The topological polar surface area (TPSA) is 61.6 Å². The van der Waals surface area contributed by atoms with E-state index >= 15 is 0 Å². The van der Waals surface area contributed by atoms with Crippen molar-refractivity contribution in [1.29, 1.82) is 0 Å². The lowest BCUT2D eigenvalue weighted by Crippen LogP contribution is -2.26. The predicted octanol–water partition coefficient (Wildman–Crippen LogP) is 0.305. The molecule has 5 nitrogen and oxygen atoms in total. The number of nitrogens with zero attached hydrogens (tertiary/aromatic N) is 3. The number of rotatable bonds is 1. The van der Waals surface area contributed by atoms with E-state index in [4.69, 9.17) is 0 Å². The molecule has 1 fully saturated rings. The van der Waals surface area contributed by atoms with Crippen LogP contribution in [0.3, 0.4) is 0 Å². The van der Waals surface area contributed by atoms with Crippen LogP contribution in [0.25, 0.3) is 0 Å². The molecular formula is C4H8N3O2. The lowest BCUT2D eigenvalue weighted by Gasteiger charge is -2.07. The van der Waals surface area contributed by atoms with Crippen molar-refractivity contribution < 1.29 is 10.2 Å². The summed E-state index contributed by atoms with van der Waals surface area (Å²) in [5, 5.41) is 23.6. The molecule has 0 amide bonds. The van der Waals surface area contributed by atoms with E-state index < -0.39 is 0 Å². The highest BCUT2D eigenvalue weighted by atomic mass is 16.6. The van der Waals surface area contributed by atoms with E-state index in [9.17, 15) is 10.4 Å². The van der Waals surface area contributed by atoms with Gasteiger partial charge in [-0.1, -0.05) is 5.21 Å². The van der Waals surface area contributed by atoms with E-state index in [1.807, 2.05) is 0 Å². The summed E-state index contributed by atoms with van der Waals surface area (Å²) in [6, 6.07) is 0. The average molecular weight is 130 g/mol. The van der Waals surface area contributed by atoms with Crippen LogP contribution in [0.15, 0.2) is 5.28 Å². The molecule has 0 atom stereocenters. The Hall–Kier alpha value is -1.00. The van der Waals surface area contributed by atoms with Crippen LogP contribution in [0.1, 0.15) is 12.8 Å². The van der Waals surface area contributed by atoms with Crippen LogP contribution in [-0.4, -0.2) is 23.1 Å². The standard InChI is InChI=1S/C4H8N3O2/c8-5-7(9)6-3-1-2-4-6/h1-4H2/b7-5+. The zero-order valence-corrected chi connectivity index (χ0v) is 4.99. The van der Waals surface area contributed by atoms with Gasteiger partial charge in [-0.25, -0.2) is 0 Å². The molecular weight excluding hydrogens is 122 g/mol. The van der Waals surface area contributed by atoms with E-state index in [1.54, 1.807) is 0 Å². The predicted molar refractivity (Wildman–Crippen MR) is 27.5 cm³/mol. The quantitative estimate of drug-likeness (QED) is 0.291. The van der Waals surface area contributed by atoms with Gasteiger partial charge in [-0.2, -0.15) is 0 Å². The molecule has 1 heterocycles. The number of hydrazine groups is 1. The zero-order valence-electron chi connectivity index (χ0n) is 4.99. The molecule has 1 aliphatic rings. The minimum Gasteiger partial charge on any atom is -0.569 e. The molecule has 1 radical (unpaired) electrons. The van der Waals surface area contributed by atoms with Gasteiger partial charge in [0.05, 0.1) is 18.1 Å². The highest BCUT2D eigenvalue weighted by molar-refractivity contribution is 4.55. The molecule has 0 spiro atoms. The van der Waals surface area contributed by atoms with Crippen LogP contribution in [0, 0.1) is 5.21 Å². The Labute approximate surface area is 52.7 Å². The summed E-state index contributed by atoms with van der Waals surface area (Å²) in [7, 11) is 0. The fraction of sp³-hybridized carbons (Fsp3) is 1.00. The van der Waals surface area contributed by atoms with Gasteiger partial charge in [0, 0.05) is 0 Å². The largest absolute Gasteiger partial charge is 0.569 e. The Balaban J connectivity index is 2.42. The molecule has 9 heavy (non-hydrogen) atoms. The summed E-state index contributed by atoms with van der Waals surface area (Å²) < 4.78 is 0. The molecule has 0 aromatic carbocycles. The van der Waals surface area contributed by atoms with Crippen LogP contribution >= 0.6 is 0 Å². The summed E-state index contributed by atoms with van der Waals surface area (Å²) in [5.41, 5.74) is 0. The molecule has 0 aromatic heterocycles. The molecule has 0 aliphatic carbocycles. The number of hydrogen-bond acceptors (Lipinski definition) is 2. The van der Waals surface area contributed by atoms with Gasteiger partial charge in [0.2, 0.25) is 0 Å². The maximum atomic E-state index is 10.4. The van der Waals surface area contributed by atoms with Gasteiger partial charge < -0.3 is 5.21 Å². The highest BCUT2D eigenvalue weighted by Gasteiger charge is 2.17. The Kier molecular flexibility index (Phi) is 1.72. The van der Waals surface area contributed by atoms with Gasteiger partial charge in [0.15, 0.2) is 0 Å². The van der Waals surface area contributed by atoms with Crippen molar-refractivity contribution in [3.8, 4) is 0 Å². The maximum Gasteiger partial charge on any atom is 0.280 e. The monoisotopic (exact) mass is 130 g/mol. The Morgan fingerprint density at radius 1 is 1.44 bits per heavy atom. The van der Waals surface area contributed by atoms with Crippen molar-refractivity contribution in [2.24, 2.45) is 5.28 Å². The van der Waals surface area contributed by atoms with E-state index in [0.29, 0.717) is 13.1 Å². The first-order valence-corrected chi connectivity index (χ1v) is 2.90. The van der Waals surface area contributed by atoms with Crippen LogP contribution < -0.4 is 0 Å². The fourth-order valence-electron chi connectivity index (χ4n) is 0.923. The molecule has 0 saturated carbocycles. The van der Waals surface area contributed by atoms with Crippen LogP contribution in [0.5, 0.6) is 0 Å². The molecule has 0 unspecified atom stereocenters. The third-order valence-corrected chi connectivity index (χ3v) is 1.39. The maximum absolute atomic E-state index is 10.4. The molecule has 1 aliphatic heterocycles. The molecule has 0 bridgehead atoms. The lowest BCUT2D eigenvalue weighted by atomic mass is 10.4. The van der Waals surface area contributed by atoms with Gasteiger partial charge in [0.1, 0.15) is 0 Å². The second kappa shape index (κ2) is 2.52.